The van der Waals surface area contributed by atoms with E-state index in [9.17, 15) is 13.2 Å². The van der Waals surface area contributed by atoms with Gasteiger partial charge >= 0.3 is 0 Å². The molecule has 3 rings (SSSR count). The van der Waals surface area contributed by atoms with Crippen LogP contribution in [0.3, 0.4) is 0 Å². The van der Waals surface area contributed by atoms with Crippen LogP contribution in [0.15, 0.2) is 53.4 Å². The Balaban J connectivity index is 1.75. The van der Waals surface area contributed by atoms with Gasteiger partial charge in [-0.15, -0.1) is 0 Å². The van der Waals surface area contributed by atoms with Crippen LogP contribution in [-0.4, -0.2) is 31.2 Å². The van der Waals surface area contributed by atoms with E-state index in [4.69, 9.17) is 11.6 Å². The molecule has 1 aliphatic rings. The SMILES string of the molecule is C[C@H]1CCCCN1S(=O)(=O)c1cccc(C(=O)NCc2cccc(Cl)c2)c1. The van der Waals surface area contributed by atoms with Gasteiger partial charge in [0.1, 0.15) is 0 Å². The number of piperidine rings is 1. The molecular formula is C20H23ClN2O3S. The largest absolute Gasteiger partial charge is 0.348 e. The summed E-state index contributed by atoms with van der Waals surface area (Å²) < 4.78 is 27.5. The fourth-order valence-electron chi connectivity index (χ4n) is 3.29. The van der Waals surface area contributed by atoms with Crippen LogP contribution < -0.4 is 5.32 Å². The fourth-order valence-corrected chi connectivity index (χ4v) is 5.25. The third-order valence-electron chi connectivity index (χ3n) is 4.79. The first-order chi connectivity index (χ1) is 12.9. The molecule has 0 aliphatic carbocycles. The van der Waals surface area contributed by atoms with E-state index in [1.165, 1.54) is 6.07 Å². The van der Waals surface area contributed by atoms with Crippen LogP contribution in [0.5, 0.6) is 0 Å². The quantitative estimate of drug-likeness (QED) is 0.820. The van der Waals surface area contributed by atoms with Crippen LogP contribution in [-0.2, 0) is 16.6 Å². The maximum atomic E-state index is 13.0. The molecule has 0 radical (unpaired) electrons. The molecule has 1 fully saturated rings. The number of hydrogen-bond donors (Lipinski definition) is 1. The van der Waals surface area contributed by atoms with E-state index in [0.717, 1.165) is 24.8 Å². The minimum atomic E-state index is -3.60. The van der Waals surface area contributed by atoms with Crippen LogP contribution in [0.25, 0.3) is 0 Å². The molecule has 2 aromatic rings. The zero-order valence-corrected chi connectivity index (χ0v) is 16.8. The van der Waals surface area contributed by atoms with E-state index in [-0.39, 0.29) is 16.8 Å². The van der Waals surface area contributed by atoms with Gasteiger partial charge in [0.2, 0.25) is 10.0 Å². The number of halogens is 1. The Bertz CT molecular complexity index is 930. The fraction of sp³-hybridized carbons (Fsp3) is 0.350. The van der Waals surface area contributed by atoms with Gasteiger partial charge < -0.3 is 5.32 Å². The second-order valence-corrected chi connectivity index (χ2v) is 9.13. The molecule has 0 spiro atoms. The summed E-state index contributed by atoms with van der Waals surface area (Å²) in [5.41, 5.74) is 1.20. The highest BCUT2D eigenvalue weighted by atomic mass is 35.5. The Kier molecular flexibility index (Phi) is 6.19. The number of amides is 1. The van der Waals surface area contributed by atoms with Gasteiger partial charge in [-0.05, 0) is 55.7 Å². The normalized spacial score (nSPS) is 18.2. The first kappa shape index (κ1) is 19.9. The highest BCUT2D eigenvalue weighted by Gasteiger charge is 2.31. The van der Waals surface area contributed by atoms with E-state index >= 15 is 0 Å². The van der Waals surface area contributed by atoms with Gasteiger partial charge in [-0.25, -0.2) is 8.42 Å². The lowest BCUT2D eigenvalue weighted by molar-refractivity contribution is 0.0950. The second-order valence-electron chi connectivity index (χ2n) is 6.80. The van der Waals surface area contributed by atoms with Crippen molar-refractivity contribution in [3.05, 3.63) is 64.7 Å². The summed E-state index contributed by atoms with van der Waals surface area (Å²) in [6.07, 6.45) is 2.77. The molecule has 0 aromatic heterocycles. The van der Waals surface area contributed by atoms with Crippen LogP contribution in [0.1, 0.15) is 42.1 Å². The summed E-state index contributed by atoms with van der Waals surface area (Å²) in [6, 6.07) is 13.4. The van der Waals surface area contributed by atoms with Crippen molar-refractivity contribution in [2.75, 3.05) is 6.54 Å². The van der Waals surface area contributed by atoms with Crippen molar-refractivity contribution in [3.8, 4) is 0 Å². The first-order valence-electron chi connectivity index (χ1n) is 9.02. The Hall–Kier alpha value is -1.89. The van der Waals surface area contributed by atoms with Crippen LogP contribution in [0.4, 0.5) is 0 Å². The molecule has 1 N–H and O–H groups in total. The van der Waals surface area contributed by atoms with Crippen molar-refractivity contribution in [2.24, 2.45) is 0 Å². The van der Waals surface area contributed by atoms with Crippen LogP contribution >= 0.6 is 11.6 Å². The number of nitrogens with one attached hydrogen (secondary N) is 1. The van der Waals surface area contributed by atoms with Gasteiger partial charge in [0.15, 0.2) is 0 Å². The minimum absolute atomic E-state index is 0.0240. The third-order valence-corrected chi connectivity index (χ3v) is 7.03. The lowest BCUT2D eigenvalue weighted by atomic mass is 10.1. The third kappa shape index (κ3) is 4.69. The average Bonchev–Trinajstić information content (AvgIpc) is 2.66. The Morgan fingerprint density at radius 1 is 1.19 bits per heavy atom. The van der Waals surface area contributed by atoms with Crippen molar-refractivity contribution in [1.82, 2.24) is 9.62 Å². The maximum absolute atomic E-state index is 13.0. The number of hydrogen-bond acceptors (Lipinski definition) is 3. The minimum Gasteiger partial charge on any atom is -0.348 e. The van der Waals surface area contributed by atoms with Crippen molar-refractivity contribution < 1.29 is 13.2 Å². The maximum Gasteiger partial charge on any atom is 0.251 e. The molecular weight excluding hydrogens is 384 g/mol. The summed E-state index contributed by atoms with van der Waals surface area (Å²) in [5, 5.41) is 3.41. The lowest BCUT2D eigenvalue weighted by Gasteiger charge is -2.32. The predicted octanol–water partition coefficient (Wildman–Crippen LogP) is 3.83. The van der Waals surface area contributed by atoms with Crippen molar-refractivity contribution in [2.45, 2.75) is 43.7 Å². The van der Waals surface area contributed by atoms with E-state index < -0.39 is 10.0 Å². The summed E-state index contributed by atoms with van der Waals surface area (Å²) >= 11 is 5.95. The van der Waals surface area contributed by atoms with Crippen LogP contribution in [0.2, 0.25) is 5.02 Å². The van der Waals surface area contributed by atoms with E-state index in [0.29, 0.717) is 23.7 Å². The van der Waals surface area contributed by atoms with E-state index in [1.807, 2.05) is 19.1 Å². The number of sulfonamides is 1. The average molecular weight is 407 g/mol. The number of carbonyl (C=O) groups excluding carboxylic acids is 1. The molecule has 5 nitrogen and oxygen atoms in total. The van der Waals surface area contributed by atoms with Gasteiger partial charge in [-0.1, -0.05) is 36.2 Å². The highest BCUT2D eigenvalue weighted by Crippen LogP contribution is 2.25. The van der Waals surface area contributed by atoms with Gasteiger partial charge in [0.25, 0.3) is 5.91 Å². The van der Waals surface area contributed by atoms with Gasteiger partial charge in [-0.3, -0.25) is 4.79 Å². The highest BCUT2D eigenvalue weighted by molar-refractivity contribution is 7.89. The second kappa shape index (κ2) is 8.42. The number of nitrogens with zero attached hydrogens (tertiary/aromatic N) is 1. The number of rotatable bonds is 5. The topological polar surface area (TPSA) is 66.5 Å². The van der Waals surface area contributed by atoms with Gasteiger partial charge in [0, 0.05) is 29.7 Å². The van der Waals surface area contributed by atoms with Crippen LogP contribution in [0, 0.1) is 0 Å². The lowest BCUT2D eigenvalue weighted by Crippen LogP contribution is -2.42. The molecule has 1 heterocycles. The van der Waals surface area contributed by atoms with Crippen molar-refractivity contribution in [1.29, 1.82) is 0 Å². The summed E-state index contributed by atoms with van der Waals surface area (Å²) in [4.78, 5) is 12.6. The molecule has 1 aliphatic heterocycles. The molecule has 2 aromatic carbocycles. The number of carbonyl (C=O) groups is 1. The van der Waals surface area contributed by atoms with Crippen molar-refractivity contribution >= 4 is 27.5 Å². The summed E-state index contributed by atoms with van der Waals surface area (Å²) in [5.74, 6) is -0.321. The molecule has 0 saturated carbocycles. The monoisotopic (exact) mass is 406 g/mol. The molecule has 7 heteroatoms. The molecule has 0 unspecified atom stereocenters. The summed E-state index contributed by atoms with van der Waals surface area (Å²) in [7, 11) is -3.60. The van der Waals surface area contributed by atoms with E-state index in [1.54, 1.807) is 34.6 Å². The summed E-state index contributed by atoms with van der Waals surface area (Å²) in [6.45, 7) is 2.77. The first-order valence-corrected chi connectivity index (χ1v) is 10.8. The standard InChI is InChI=1S/C20H23ClN2O3S/c1-15-6-2-3-11-23(15)27(25,26)19-10-5-8-17(13-19)20(24)22-14-16-7-4-9-18(21)12-16/h4-5,7-10,12-13,15H,2-3,6,11,14H2,1H3,(H,22,24)/t15-/m0/s1. The molecule has 27 heavy (non-hydrogen) atoms. The Labute approximate surface area is 165 Å². The predicted molar refractivity (Wildman–Crippen MR) is 106 cm³/mol. The molecule has 144 valence electrons. The smallest absolute Gasteiger partial charge is 0.251 e. The van der Waals surface area contributed by atoms with Gasteiger partial charge in [0.05, 0.1) is 4.90 Å². The zero-order chi connectivity index (χ0) is 19.4. The van der Waals surface area contributed by atoms with Gasteiger partial charge in [-0.2, -0.15) is 4.31 Å². The zero-order valence-electron chi connectivity index (χ0n) is 15.2. The Morgan fingerprint density at radius 2 is 1.96 bits per heavy atom. The molecule has 0 bridgehead atoms. The van der Waals surface area contributed by atoms with Crippen molar-refractivity contribution in [3.63, 3.8) is 0 Å². The van der Waals surface area contributed by atoms with E-state index in [2.05, 4.69) is 5.32 Å². The molecule has 1 saturated heterocycles. The molecule has 1 amide bonds. The Morgan fingerprint density at radius 3 is 2.70 bits per heavy atom. The number of benzene rings is 2. The molecule has 1 atom stereocenters.